The van der Waals surface area contributed by atoms with Gasteiger partial charge in [0, 0.05) is 31.5 Å². The first kappa shape index (κ1) is 18.4. The van der Waals surface area contributed by atoms with Gasteiger partial charge in [-0.1, -0.05) is 6.07 Å². The minimum Gasteiger partial charge on any atom is -0.338 e. The summed E-state index contributed by atoms with van der Waals surface area (Å²) in [5.74, 6) is 0.00765. The van der Waals surface area contributed by atoms with Crippen molar-refractivity contribution in [2.75, 3.05) is 13.1 Å². The number of nitrogens with one attached hydrogen (secondary N) is 1. The molecule has 1 saturated heterocycles. The molecule has 0 saturated carbocycles. The van der Waals surface area contributed by atoms with Crippen LogP contribution in [0.5, 0.6) is 0 Å². The van der Waals surface area contributed by atoms with E-state index in [1.54, 1.807) is 17.5 Å². The van der Waals surface area contributed by atoms with Crippen molar-refractivity contribution in [1.82, 2.24) is 14.2 Å². The molecule has 1 N–H and O–H groups in total. The van der Waals surface area contributed by atoms with Gasteiger partial charge in [-0.25, -0.2) is 13.1 Å². The molecule has 3 aromatic heterocycles. The van der Waals surface area contributed by atoms with E-state index >= 15 is 0 Å². The lowest BCUT2D eigenvalue weighted by atomic mass is 10.1. The number of carbonyl (C=O) groups excluding carboxylic acids is 1. The van der Waals surface area contributed by atoms with Gasteiger partial charge in [0.2, 0.25) is 10.0 Å². The van der Waals surface area contributed by atoms with Crippen LogP contribution in [0.25, 0.3) is 5.69 Å². The SMILES string of the molecule is O=C(c1sccc1-n1cccc1)N1CCC(NS(=O)(=O)c2cccs2)CC1. The summed E-state index contributed by atoms with van der Waals surface area (Å²) in [4.78, 5) is 15.5. The van der Waals surface area contributed by atoms with E-state index < -0.39 is 10.0 Å². The first-order valence-electron chi connectivity index (χ1n) is 8.60. The Morgan fingerprint density at radius 2 is 1.78 bits per heavy atom. The molecule has 27 heavy (non-hydrogen) atoms. The van der Waals surface area contributed by atoms with Crippen molar-refractivity contribution in [2.24, 2.45) is 0 Å². The van der Waals surface area contributed by atoms with Gasteiger partial charge < -0.3 is 9.47 Å². The minimum atomic E-state index is -3.47. The van der Waals surface area contributed by atoms with Crippen molar-refractivity contribution < 1.29 is 13.2 Å². The topological polar surface area (TPSA) is 71.4 Å². The summed E-state index contributed by atoms with van der Waals surface area (Å²) in [5.41, 5.74) is 0.885. The summed E-state index contributed by atoms with van der Waals surface area (Å²) < 4.78 is 29.7. The van der Waals surface area contributed by atoms with E-state index in [0.29, 0.717) is 35.0 Å². The molecule has 142 valence electrons. The number of hydrogen-bond acceptors (Lipinski definition) is 5. The summed E-state index contributed by atoms with van der Waals surface area (Å²) >= 11 is 2.64. The van der Waals surface area contributed by atoms with Crippen LogP contribution in [0.1, 0.15) is 22.5 Å². The highest BCUT2D eigenvalue weighted by atomic mass is 32.2. The van der Waals surface area contributed by atoms with Crippen LogP contribution in [-0.4, -0.2) is 42.9 Å². The summed E-state index contributed by atoms with van der Waals surface area (Å²) in [6.45, 7) is 1.08. The van der Waals surface area contributed by atoms with Gasteiger partial charge in [-0.3, -0.25) is 4.79 Å². The van der Waals surface area contributed by atoms with Crippen molar-refractivity contribution in [3.63, 3.8) is 0 Å². The molecule has 6 nitrogen and oxygen atoms in total. The average Bonchev–Trinajstić information content (AvgIpc) is 3.43. The summed E-state index contributed by atoms with van der Waals surface area (Å²) in [6, 6.07) is 8.98. The Bertz CT molecular complexity index is 1000. The molecule has 4 rings (SSSR count). The third-order valence-electron chi connectivity index (χ3n) is 4.59. The highest BCUT2D eigenvalue weighted by Crippen LogP contribution is 2.25. The molecule has 1 amide bonds. The minimum absolute atomic E-state index is 0.00765. The molecule has 0 unspecified atom stereocenters. The second-order valence-corrected chi connectivity index (χ2v) is 10.1. The molecular weight excluding hydrogens is 402 g/mol. The number of hydrogen-bond donors (Lipinski definition) is 1. The Labute approximate surface area is 166 Å². The van der Waals surface area contributed by atoms with E-state index in [1.165, 1.54) is 22.7 Å². The lowest BCUT2D eigenvalue weighted by Crippen LogP contribution is -2.46. The quantitative estimate of drug-likeness (QED) is 0.688. The molecule has 0 aliphatic carbocycles. The first-order valence-corrected chi connectivity index (χ1v) is 11.8. The summed E-state index contributed by atoms with van der Waals surface area (Å²) in [6.07, 6.45) is 5.07. The van der Waals surface area contributed by atoms with Gasteiger partial charge in [0.1, 0.15) is 9.09 Å². The normalized spacial score (nSPS) is 15.9. The van der Waals surface area contributed by atoms with Gasteiger partial charge in [-0.05, 0) is 47.9 Å². The third-order valence-corrected chi connectivity index (χ3v) is 8.39. The number of thiophene rings is 2. The van der Waals surface area contributed by atoms with E-state index in [2.05, 4.69) is 4.72 Å². The molecule has 0 bridgehead atoms. The zero-order valence-electron chi connectivity index (χ0n) is 14.4. The van der Waals surface area contributed by atoms with Crippen molar-refractivity contribution in [1.29, 1.82) is 0 Å². The maximum atomic E-state index is 12.9. The van der Waals surface area contributed by atoms with E-state index in [9.17, 15) is 13.2 Å². The largest absolute Gasteiger partial charge is 0.338 e. The average molecular weight is 422 g/mol. The molecule has 3 aromatic rings. The van der Waals surface area contributed by atoms with Gasteiger partial charge in [-0.15, -0.1) is 22.7 Å². The summed E-state index contributed by atoms with van der Waals surface area (Å²) in [7, 11) is -3.47. The molecule has 9 heteroatoms. The van der Waals surface area contributed by atoms with Gasteiger partial charge in [0.05, 0.1) is 5.69 Å². The monoisotopic (exact) mass is 421 g/mol. The maximum Gasteiger partial charge on any atom is 0.266 e. The fraction of sp³-hybridized carbons (Fsp3) is 0.278. The molecule has 0 aromatic carbocycles. The van der Waals surface area contributed by atoms with Crippen molar-refractivity contribution >= 4 is 38.6 Å². The maximum absolute atomic E-state index is 12.9. The van der Waals surface area contributed by atoms with Crippen molar-refractivity contribution in [3.8, 4) is 5.69 Å². The van der Waals surface area contributed by atoms with Crippen LogP contribution < -0.4 is 4.72 Å². The molecule has 0 radical (unpaired) electrons. The first-order chi connectivity index (χ1) is 13.0. The number of aromatic nitrogens is 1. The van der Waals surface area contributed by atoms with Crippen molar-refractivity contribution in [2.45, 2.75) is 23.1 Å². The lowest BCUT2D eigenvalue weighted by Gasteiger charge is -2.32. The second-order valence-electron chi connectivity index (χ2n) is 6.35. The van der Waals surface area contributed by atoms with Crippen LogP contribution >= 0.6 is 22.7 Å². The van der Waals surface area contributed by atoms with E-state index in [1.807, 2.05) is 45.4 Å². The molecule has 0 atom stereocenters. The zero-order chi connectivity index (χ0) is 18.9. The van der Waals surface area contributed by atoms with Gasteiger partial charge >= 0.3 is 0 Å². The number of sulfonamides is 1. The Kier molecular flexibility index (Phi) is 5.18. The van der Waals surface area contributed by atoms with Gasteiger partial charge in [-0.2, -0.15) is 0 Å². The molecule has 0 spiro atoms. The predicted molar refractivity (Wildman–Crippen MR) is 107 cm³/mol. The Balaban J connectivity index is 1.40. The van der Waals surface area contributed by atoms with E-state index in [-0.39, 0.29) is 11.9 Å². The van der Waals surface area contributed by atoms with E-state index in [4.69, 9.17) is 0 Å². The second kappa shape index (κ2) is 7.59. The summed E-state index contributed by atoms with van der Waals surface area (Å²) in [5, 5.41) is 3.67. The number of amides is 1. The smallest absolute Gasteiger partial charge is 0.266 e. The van der Waals surface area contributed by atoms with Crippen molar-refractivity contribution in [3.05, 3.63) is 58.4 Å². The fourth-order valence-corrected chi connectivity index (χ4v) is 6.37. The van der Waals surface area contributed by atoms with Crippen LogP contribution in [0.4, 0.5) is 0 Å². The standard InChI is InChI=1S/C18H19N3O3S3/c22-18(17-15(7-13-26-17)20-8-1-2-9-20)21-10-5-14(6-11-21)19-27(23,24)16-4-3-12-25-16/h1-4,7-9,12-14,19H,5-6,10-11H2. The van der Waals surface area contributed by atoms with Gasteiger partial charge in [0.15, 0.2) is 0 Å². The molecule has 4 heterocycles. The fourth-order valence-electron chi connectivity index (χ4n) is 3.20. The molecule has 1 aliphatic rings. The number of piperidine rings is 1. The van der Waals surface area contributed by atoms with Crippen LogP contribution in [-0.2, 0) is 10.0 Å². The predicted octanol–water partition coefficient (Wildman–Crippen LogP) is 3.18. The molecule has 1 aliphatic heterocycles. The van der Waals surface area contributed by atoms with Crippen LogP contribution in [0.15, 0.2) is 57.7 Å². The number of rotatable bonds is 5. The van der Waals surface area contributed by atoms with Crippen LogP contribution in [0.3, 0.4) is 0 Å². The Hall–Kier alpha value is -1.94. The molecule has 1 fully saturated rings. The van der Waals surface area contributed by atoms with Crippen LogP contribution in [0, 0.1) is 0 Å². The van der Waals surface area contributed by atoms with Crippen LogP contribution in [0.2, 0.25) is 0 Å². The Morgan fingerprint density at radius 1 is 1.04 bits per heavy atom. The highest BCUT2D eigenvalue weighted by molar-refractivity contribution is 7.91. The third kappa shape index (κ3) is 3.86. The lowest BCUT2D eigenvalue weighted by molar-refractivity contribution is 0.0716. The zero-order valence-corrected chi connectivity index (χ0v) is 16.9. The Morgan fingerprint density at radius 3 is 2.44 bits per heavy atom. The number of likely N-dealkylation sites (tertiary alicyclic amines) is 1. The highest BCUT2D eigenvalue weighted by Gasteiger charge is 2.29. The number of carbonyl (C=O) groups is 1. The number of nitrogens with zero attached hydrogens (tertiary/aromatic N) is 2. The van der Waals surface area contributed by atoms with Gasteiger partial charge in [0.25, 0.3) is 5.91 Å². The molecular formula is C18H19N3O3S3. The van der Waals surface area contributed by atoms with E-state index in [0.717, 1.165) is 5.69 Å².